The third-order valence-electron chi connectivity index (χ3n) is 3.63. The van der Waals surface area contributed by atoms with Gasteiger partial charge in [0, 0.05) is 24.2 Å². The van der Waals surface area contributed by atoms with E-state index in [2.05, 4.69) is 24.8 Å². The summed E-state index contributed by atoms with van der Waals surface area (Å²) >= 11 is 6.37. The first-order chi connectivity index (χ1) is 9.65. The van der Waals surface area contributed by atoms with Gasteiger partial charge >= 0.3 is 0 Å². The molecule has 4 heteroatoms. The standard InChI is InChI=1S/C16H27ClN2O/c1-4-15(18)16(13-9-7-8-10-14(13)17)19(5-2)11-12-20-6-3/h7-10,15-16H,4-6,11-12,18H2,1-3H3. The van der Waals surface area contributed by atoms with Crippen LogP contribution >= 0.6 is 11.6 Å². The molecular formula is C16H27ClN2O. The highest BCUT2D eigenvalue weighted by Crippen LogP contribution is 2.30. The fourth-order valence-electron chi connectivity index (χ4n) is 2.46. The van der Waals surface area contributed by atoms with Crippen LogP contribution in [0.1, 0.15) is 38.8 Å². The van der Waals surface area contributed by atoms with Crippen LogP contribution in [-0.2, 0) is 4.74 Å². The minimum atomic E-state index is 0.0662. The molecule has 0 fully saturated rings. The predicted octanol–water partition coefficient (Wildman–Crippen LogP) is 3.48. The van der Waals surface area contributed by atoms with Gasteiger partial charge in [0.25, 0.3) is 0 Å². The lowest BCUT2D eigenvalue weighted by molar-refractivity contribution is 0.0888. The smallest absolute Gasteiger partial charge is 0.0593 e. The molecule has 1 aromatic rings. The Labute approximate surface area is 128 Å². The maximum absolute atomic E-state index is 6.37. The lowest BCUT2D eigenvalue weighted by Gasteiger charge is -2.35. The Bertz CT molecular complexity index is 386. The van der Waals surface area contributed by atoms with Crippen molar-refractivity contribution in [3.8, 4) is 0 Å². The van der Waals surface area contributed by atoms with Gasteiger partial charge in [-0.2, -0.15) is 0 Å². The molecule has 2 atom stereocenters. The minimum Gasteiger partial charge on any atom is -0.380 e. The Morgan fingerprint density at radius 3 is 2.50 bits per heavy atom. The zero-order valence-electron chi connectivity index (χ0n) is 12.8. The first-order valence-electron chi connectivity index (χ1n) is 7.47. The molecule has 3 nitrogen and oxygen atoms in total. The first-order valence-corrected chi connectivity index (χ1v) is 7.85. The molecule has 0 heterocycles. The van der Waals surface area contributed by atoms with Gasteiger partial charge in [-0.3, -0.25) is 4.90 Å². The molecule has 0 radical (unpaired) electrons. The second kappa shape index (κ2) is 9.35. The third kappa shape index (κ3) is 4.74. The van der Waals surface area contributed by atoms with Gasteiger partial charge in [-0.15, -0.1) is 0 Å². The number of hydrogen-bond donors (Lipinski definition) is 1. The molecule has 20 heavy (non-hydrogen) atoms. The number of rotatable bonds is 9. The first kappa shape index (κ1) is 17.4. The number of ether oxygens (including phenoxy) is 1. The van der Waals surface area contributed by atoms with Gasteiger partial charge in [-0.1, -0.05) is 43.6 Å². The second-order valence-electron chi connectivity index (χ2n) is 4.86. The van der Waals surface area contributed by atoms with E-state index in [9.17, 15) is 0 Å². The summed E-state index contributed by atoms with van der Waals surface area (Å²) < 4.78 is 5.48. The second-order valence-corrected chi connectivity index (χ2v) is 5.27. The molecule has 0 saturated carbocycles. The van der Waals surface area contributed by atoms with Crippen molar-refractivity contribution in [2.24, 2.45) is 5.73 Å². The quantitative estimate of drug-likeness (QED) is 0.709. The SMILES string of the molecule is CCOCCN(CC)C(c1ccccc1Cl)C(N)CC. The Kier molecular flexibility index (Phi) is 8.15. The van der Waals surface area contributed by atoms with E-state index in [4.69, 9.17) is 22.1 Å². The van der Waals surface area contributed by atoms with Gasteiger partial charge in [-0.05, 0) is 31.5 Å². The Morgan fingerprint density at radius 1 is 1.25 bits per heavy atom. The normalized spacial score (nSPS) is 14.5. The summed E-state index contributed by atoms with van der Waals surface area (Å²) in [5.74, 6) is 0. The summed E-state index contributed by atoms with van der Waals surface area (Å²) in [6.07, 6.45) is 0.918. The third-order valence-corrected chi connectivity index (χ3v) is 3.97. The van der Waals surface area contributed by atoms with Gasteiger partial charge in [-0.25, -0.2) is 0 Å². The molecule has 0 spiro atoms. The molecule has 0 amide bonds. The van der Waals surface area contributed by atoms with E-state index in [1.807, 2.05) is 25.1 Å². The molecule has 0 aliphatic heterocycles. The Hall–Kier alpha value is -0.610. The highest BCUT2D eigenvalue weighted by Gasteiger charge is 2.26. The van der Waals surface area contributed by atoms with E-state index in [0.29, 0.717) is 0 Å². The number of halogens is 1. The molecular weight excluding hydrogens is 272 g/mol. The molecule has 0 aliphatic rings. The fraction of sp³-hybridized carbons (Fsp3) is 0.625. The van der Waals surface area contributed by atoms with Crippen LogP contribution in [0.25, 0.3) is 0 Å². The van der Waals surface area contributed by atoms with Crippen molar-refractivity contribution < 1.29 is 4.74 Å². The molecule has 1 rings (SSSR count). The van der Waals surface area contributed by atoms with Crippen LogP contribution in [-0.4, -0.2) is 37.2 Å². The Morgan fingerprint density at radius 2 is 1.95 bits per heavy atom. The van der Waals surface area contributed by atoms with E-state index in [-0.39, 0.29) is 12.1 Å². The molecule has 0 bridgehead atoms. The van der Waals surface area contributed by atoms with Crippen molar-refractivity contribution in [1.82, 2.24) is 4.90 Å². The van der Waals surface area contributed by atoms with Gasteiger partial charge in [0.2, 0.25) is 0 Å². The highest BCUT2D eigenvalue weighted by atomic mass is 35.5. The Balaban J connectivity index is 2.95. The number of hydrogen-bond acceptors (Lipinski definition) is 3. The molecule has 1 aromatic carbocycles. The van der Waals surface area contributed by atoms with E-state index < -0.39 is 0 Å². The number of nitrogens with two attached hydrogens (primary N) is 1. The van der Waals surface area contributed by atoms with Crippen molar-refractivity contribution in [3.63, 3.8) is 0 Å². The van der Waals surface area contributed by atoms with Crippen molar-refractivity contribution in [2.75, 3.05) is 26.3 Å². The van der Waals surface area contributed by atoms with Crippen molar-refractivity contribution in [2.45, 2.75) is 39.3 Å². The number of benzene rings is 1. The average Bonchev–Trinajstić information content (AvgIpc) is 2.47. The van der Waals surface area contributed by atoms with Crippen LogP contribution in [0.2, 0.25) is 5.02 Å². The van der Waals surface area contributed by atoms with Crippen LogP contribution in [0, 0.1) is 0 Å². The molecule has 2 unspecified atom stereocenters. The maximum atomic E-state index is 6.37. The van der Waals surface area contributed by atoms with E-state index in [1.165, 1.54) is 0 Å². The zero-order valence-corrected chi connectivity index (χ0v) is 13.6. The number of likely N-dealkylation sites (N-methyl/N-ethyl adjacent to an activating group) is 1. The van der Waals surface area contributed by atoms with Crippen molar-refractivity contribution >= 4 is 11.6 Å². The highest BCUT2D eigenvalue weighted by molar-refractivity contribution is 6.31. The minimum absolute atomic E-state index is 0.0662. The summed E-state index contributed by atoms with van der Waals surface area (Å²) in [6.45, 7) is 9.54. The van der Waals surface area contributed by atoms with Crippen LogP contribution in [0.15, 0.2) is 24.3 Å². The monoisotopic (exact) mass is 298 g/mol. The topological polar surface area (TPSA) is 38.5 Å². The number of nitrogens with zero attached hydrogens (tertiary/aromatic N) is 1. The molecule has 2 N–H and O–H groups in total. The van der Waals surface area contributed by atoms with E-state index in [1.54, 1.807) is 0 Å². The van der Waals surface area contributed by atoms with Gasteiger partial charge in [0.1, 0.15) is 0 Å². The van der Waals surface area contributed by atoms with Gasteiger partial charge in [0.15, 0.2) is 0 Å². The molecule has 0 aliphatic carbocycles. The summed E-state index contributed by atoms with van der Waals surface area (Å²) in [5.41, 5.74) is 7.47. The summed E-state index contributed by atoms with van der Waals surface area (Å²) in [5, 5.41) is 0.788. The maximum Gasteiger partial charge on any atom is 0.0593 e. The summed E-state index contributed by atoms with van der Waals surface area (Å²) in [4.78, 5) is 2.35. The van der Waals surface area contributed by atoms with E-state index >= 15 is 0 Å². The molecule has 0 saturated heterocycles. The lowest BCUT2D eigenvalue weighted by Crippen LogP contribution is -2.42. The van der Waals surface area contributed by atoms with Crippen LogP contribution in [0.4, 0.5) is 0 Å². The summed E-state index contributed by atoms with van der Waals surface area (Å²) in [7, 11) is 0. The molecule has 114 valence electrons. The van der Waals surface area contributed by atoms with Crippen LogP contribution in [0.5, 0.6) is 0 Å². The predicted molar refractivity (Wildman–Crippen MR) is 86.2 cm³/mol. The largest absolute Gasteiger partial charge is 0.380 e. The van der Waals surface area contributed by atoms with Crippen LogP contribution < -0.4 is 5.73 Å². The zero-order chi connectivity index (χ0) is 15.0. The van der Waals surface area contributed by atoms with Crippen molar-refractivity contribution in [3.05, 3.63) is 34.9 Å². The fourth-order valence-corrected chi connectivity index (χ4v) is 2.70. The van der Waals surface area contributed by atoms with Gasteiger partial charge < -0.3 is 10.5 Å². The average molecular weight is 299 g/mol. The lowest BCUT2D eigenvalue weighted by atomic mass is 9.96. The summed E-state index contributed by atoms with van der Waals surface area (Å²) in [6, 6.07) is 8.19. The van der Waals surface area contributed by atoms with E-state index in [0.717, 1.165) is 43.3 Å². The van der Waals surface area contributed by atoms with Crippen LogP contribution in [0.3, 0.4) is 0 Å². The molecule has 0 aromatic heterocycles. The van der Waals surface area contributed by atoms with Gasteiger partial charge in [0.05, 0.1) is 12.6 Å². The van der Waals surface area contributed by atoms with Crippen molar-refractivity contribution in [1.29, 1.82) is 0 Å².